The van der Waals surface area contributed by atoms with Crippen LogP contribution in [0.15, 0.2) is 24.3 Å². The summed E-state index contributed by atoms with van der Waals surface area (Å²) in [6, 6.07) is 7.86. The lowest BCUT2D eigenvalue weighted by Crippen LogP contribution is -2.46. The fourth-order valence-corrected chi connectivity index (χ4v) is 4.25. The third-order valence-electron chi connectivity index (χ3n) is 4.54. The van der Waals surface area contributed by atoms with E-state index in [-0.39, 0.29) is 11.9 Å². The van der Waals surface area contributed by atoms with Crippen molar-refractivity contribution in [2.75, 3.05) is 19.3 Å². The summed E-state index contributed by atoms with van der Waals surface area (Å²) < 4.78 is 25.3. The molecule has 130 valence electrons. The standard InChI is InChI=1S/C17H23N3O3S/c1-3-13-14-6-4-5-7-15(14)18-16(13)17(21)20-10-8-12(9-11-20)19-24(2,22)23/h4-7,12,18-19H,3,8-11H2,1-2H3. The number of benzene rings is 1. The van der Waals surface area contributed by atoms with Gasteiger partial charge in [0.1, 0.15) is 5.69 Å². The van der Waals surface area contributed by atoms with Crippen LogP contribution < -0.4 is 4.72 Å². The molecule has 1 saturated heterocycles. The van der Waals surface area contributed by atoms with Gasteiger partial charge in [-0.3, -0.25) is 4.79 Å². The van der Waals surface area contributed by atoms with E-state index in [0.717, 1.165) is 22.9 Å². The molecule has 2 heterocycles. The quantitative estimate of drug-likeness (QED) is 0.884. The van der Waals surface area contributed by atoms with E-state index in [0.29, 0.717) is 31.6 Å². The summed E-state index contributed by atoms with van der Waals surface area (Å²) in [6.07, 6.45) is 3.24. The summed E-state index contributed by atoms with van der Waals surface area (Å²) in [5.74, 6) is 0.000792. The molecule has 24 heavy (non-hydrogen) atoms. The highest BCUT2D eigenvalue weighted by molar-refractivity contribution is 7.88. The highest BCUT2D eigenvalue weighted by Crippen LogP contribution is 2.25. The number of carbonyl (C=O) groups is 1. The Morgan fingerprint density at radius 1 is 1.29 bits per heavy atom. The van der Waals surface area contributed by atoms with Gasteiger partial charge in [-0.05, 0) is 30.9 Å². The molecule has 1 amide bonds. The normalized spacial score (nSPS) is 16.7. The fraction of sp³-hybridized carbons (Fsp3) is 0.471. The second kappa shape index (κ2) is 6.57. The van der Waals surface area contributed by atoms with Gasteiger partial charge in [0.05, 0.1) is 6.26 Å². The van der Waals surface area contributed by atoms with E-state index in [1.165, 1.54) is 6.26 Å². The summed E-state index contributed by atoms with van der Waals surface area (Å²) in [6.45, 7) is 3.17. The van der Waals surface area contributed by atoms with Gasteiger partial charge in [0.25, 0.3) is 5.91 Å². The van der Waals surface area contributed by atoms with Crippen LogP contribution in [0, 0.1) is 0 Å². The van der Waals surface area contributed by atoms with Gasteiger partial charge < -0.3 is 9.88 Å². The summed E-state index contributed by atoms with van der Waals surface area (Å²) >= 11 is 0. The number of amides is 1. The highest BCUT2D eigenvalue weighted by atomic mass is 32.2. The van der Waals surface area contributed by atoms with Crippen LogP contribution in [0.5, 0.6) is 0 Å². The number of nitrogens with one attached hydrogen (secondary N) is 2. The topological polar surface area (TPSA) is 82.3 Å². The van der Waals surface area contributed by atoms with Gasteiger partial charge >= 0.3 is 0 Å². The summed E-state index contributed by atoms with van der Waals surface area (Å²) in [5, 5.41) is 1.09. The van der Waals surface area contributed by atoms with E-state index in [4.69, 9.17) is 0 Å². The molecule has 0 bridgehead atoms. The molecule has 0 spiro atoms. The number of carbonyl (C=O) groups excluding carboxylic acids is 1. The Balaban J connectivity index is 1.76. The molecule has 6 nitrogen and oxygen atoms in total. The third kappa shape index (κ3) is 3.47. The number of rotatable bonds is 4. The van der Waals surface area contributed by atoms with Gasteiger partial charge in [0, 0.05) is 30.0 Å². The predicted molar refractivity (Wildman–Crippen MR) is 94.6 cm³/mol. The van der Waals surface area contributed by atoms with Crippen molar-refractivity contribution in [3.8, 4) is 0 Å². The van der Waals surface area contributed by atoms with Gasteiger partial charge in [-0.2, -0.15) is 0 Å². The summed E-state index contributed by atoms with van der Waals surface area (Å²) in [7, 11) is -3.20. The van der Waals surface area contributed by atoms with Crippen molar-refractivity contribution in [2.24, 2.45) is 0 Å². The Hall–Kier alpha value is -1.86. The molecule has 1 aliphatic heterocycles. The van der Waals surface area contributed by atoms with Gasteiger partial charge in [-0.15, -0.1) is 0 Å². The van der Waals surface area contributed by atoms with Crippen LogP contribution in [0.3, 0.4) is 0 Å². The maximum absolute atomic E-state index is 12.9. The van der Waals surface area contributed by atoms with Crippen molar-refractivity contribution in [3.05, 3.63) is 35.5 Å². The van der Waals surface area contributed by atoms with E-state index in [1.807, 2.05) is 29.2 Å². The maximum atomic E-state index is 12.9. The molecule has 0 radical (unpaired) electrons. The monoisotopic (exact) mass is 349 g/mol. The molecule has 1 aromatic heterocycles. The molecule has 3 rings (SSSR count). The Labute approximate surface area is 142 Å². The second-order valence-corrected chi connectivity index (χ2v) is 8.11. The molecule has 2 aromatic rings. The number of hydrogen-bond donors (Lipinski definition) is 2. The van der Waals surface area contributed by atoms with Crippen LogP contribution in [0.2, 0.25) is 0 Å². The molecule has 0 saturated carbocycles. The van der Waals surface area contributed by atoms with Gasteiger partial charge in [-0.1, -0.05) is 25.1 Å². The predicted octanol–water partition coefficient (Wildman–Crippen LogP) is 1.88. The molecule has 7 heteroatoms. The molecule has 1 aliphatic rings. The fourth-order valence-electron chi connectivity index (χ4n) is 3.41. The number of likely N-dealkylation sites (tertiary alicyclic amines) is 1. The first-order chi connectivity index (χ1) is 11.4. The van der Waals surface area contributed by atoms with Crippen molar-refractivity contribution >= 4 is 26.8 Å². The SMILES string of the molecule is CCc1c(C(=O)N2CCC(NS(C)(=O)=O)CC2)[nH]c2ccccc12. The molecule has 1 aromatic carbocycles. The van der Waals surface area contributed by atoms with Crippen molar-refractivity contribution in [3.63, 3.8) is 0 Å². The third-order valence-corrected chi connectivity index (χ3v) is 5.31. The number of nitrogens with zero attached hydrogens (tertiary/aromatic N) is 1. The largest absolute Gasteiger partial charge is 0.350 e. The van der Waals surface area contributed by atoms with Crippen LogP contribution in [0.25, 0.3) is 10.9 Å². The number of aromatic nitrogens is 1. The smallest absolute Gasteiger partial charge is 0.270 e. The molecular weight excluding hydrogens is 326 g/mol. The Bertz CT molecular complexity index is 849. The minimum absolute atomic E-state index is 0.000792. The number of H-pyrrole nitrogens is 1. The lowest BCUT2D eigenvalue weighted by atomic mass is 10.0. The van der Waals surface area contributed by atoms with Gasteiger partial charge in [0.2, 0.25) is 10.0 Å². The van der Waals surface area contributed by atoms with E-state index < -0.39 is 10.0 Å². The first kappa shape index (κ1) is 17.0. The average Bonchev–Trinajstić information content (AvgIpc) is 2.92. The molecular formula is C17H23N3O3S. The van der Waals surface area contributed by atoms with Crippen LogP contribution >= 0.6 is 0 Å². The Morgan fingerprint density at radius 2 is 1.96 bits per heavy atom. The minimum Gasteiger partial charge on any atom is -0.350 e. The number of para-hydroxylation sites is 1. The van der Waals surface area contributed by atoms with Crippen molar-refractivity contribution in [1.29, 1.82) is 0 Å². The second-order valence-electron chi connectivity index (χ2n) is 6.33. The van der Waals surface area contributed by atoms with Crippen molar-refractivity contribution < 1.29 is 13.2 Å². The van der Waals surface area contributed by atoms with Crippen LogP contribution in [-0.4, -0.2) is 49.6 Å². The lowest BCUT2D eigenvalue weighted by Gasteiger charge is -2.32. The van der Waals surface area contributed by atoms with Crippen molar-refractivity contribution in [2.45, 2.75) is 32.2 Å². The summed E-state index contributed by atoms with van der Waals surface area (Å²) in [4.78, 5) is 18.0. The number of sulfonamides is 1. The minimum atomic E-state index is -3.20. The molecule has 1 fully saturated rings. The molecule has 0 atom stereocenters. The Kier molecular flexibility index (Phi) is 4.64. The number of aryl methyl sites for hydroxylation is 1. The zero-order valence-corrected chi connectivity index (χ0v) is 14.8. The van der Waals surface area contributed by atoms with E-state index in [1.54, 1.807) is 0 Å². The highest BCUT2D eigenvalue weighted by Gasteiger charge is 2.27. The first-order valence-electron chi connectivity index (χ1n) is 8.25. The molecule has 0 aliphatic carbocycles. The van der Waals surface area contributed by atoms with Crippen LogP contribution in [0.4, 0.5) is 0 Å². The number of piperidine rings is 1. The van der Waals surface area contributed by atoms with Crippen LogP contribution in [-0.2, 0) is 16.4 Å². The van der Waals surface area contributed by atoms with Crippen molar-refractivity contribution in [1.82, 2.24) is 14.6 Å². The molecule has 0 unspecified atom stereocenters. The zero-order valence-electron chi connectivity index (χ0n) is 14.0. The average molecular weight is 349 g/mol. The number of fused-ring (bicyclic) bond motifs is 1. The van der Waals surface area contributed by atoms with E-state index >= 15 is 0 Å². The zero-order chi connectivity index (χ0) is 17.3. The number of hydrogen-bond acceptors (Lipinski definition) is 3. The Morgan fingerprint density at radius 3 is 2.58 bits per heavy atom. The maximum Gasteiger partial charge on any atom is 0.270 e. The van der Waals surface area contributed by atoms with E-state index in [2.05, 4.69) is 16.6 Å². The van der Waals surface area contributed by atoms with Crippen LogP contribution in [0.1, 0.15) is 35.8 Å². The van der Waals surface area contributed by atoms with Gasteiger partial charge in [-0.25, -0.2) is 13.1 Å². The summed E-state index contributed by atoms with van der Waals surface area (Å²) in [5.41, 5.74) is 2.69. The number of aromatic amines is 1. The van der Waals surface area contributed by atoms with E-state index in [9.17, 15) is 13.2 Å². The first-order valence-corrected chi connectivity index (χ1v) is 10.1. The lowest BCUT2D eigenvalue weighted by molar-refractivity contribution is 0.0705. The molecule has 2 N–H and O–H groups in total. The van der Waals surface area contributed by atoms with Gasteiger partial charge in [0.15, 0.2) is 0 Å².